The van der Waals surface area contributed by atoms with Gasteiger partial charge in [-0.15, -0.1) is 0 Å². The molecule has 2 atom stereocenters. The Balaban J connectivity index is 4.57. The molecule has 0 spiro atoms. The topological polar surface area (TPSA) is 156 Å². The first-order valence-corrected chi connectivity index (χ1v) is 19.1. The summed E-state index contributed by atoms with van der Waals surface area (Å²) in [7, 11) is -3.08. The van der Waals surface area contributed by atoms with Gasteiger partial charge >= 0.3 is 25.9 Å². The molecule has 0 aliphatic rings. The zero-order valence-corrected chi connectivity index (χ0v) is 29.8. The van der Waals surface area contributed by atoms with Crippen LogP contribution in [0.2, 0.25) is 0 Å². The number of phosphoric ester groups is 1. The number of esters is 2. The Morgan fingerprint density at radius 2 is 1.13 bits per heavy atom. The number of carbonyl (C=O) groups is 3. The number of ether oxygens (including phenoxy) is 4. The molecule has 0 aromatic heterocycles. The summed E-state index contributed by atoms with van der Waals surface area (Å²) >= 11 is 0. The lowest BCUT2D eigenvalue weighted by molar-refractivity contribution is -0.161. The number of phosphoric acid groups is 1. The number of unbranched alkanes of at least 4 members (excludes halogenated alkanes) is 16. The first-order valence-electron chi connectivity index (χ1n) is 17.6. The second-order valence-electron chi connectivity index (χ2n) is 11.6. The molecule has 0 saturated carbocycles. The maximum Gasteiger partial charge on any atom is 0.472 e. The number of carbonyl (C=O) groups excluding carboxylic acids is 3. The third-order valence-corrected chi connectivity index (χ3v) is 8.25. The predicted molar refractivity (Wildman–Crippen MR) is 177 cm³/mol. The van der Waals surface area contributed by atoms with Crippen molar-refractivity contribution >= 4 is 25.9 Å². The summed E-state index contributed by atoms with van der Waals surface area (Å²) in [5.41, 5.74) is 0. The molecule has 0 rings (SSSR count). The van der Waals surface area contributed by atoms with Crippen molar-refractivity contribution in [1.29, 1.82) is 0 Å². The van der Waals surface area contributed by atoms with Crippen molar-refractivity contribution in [3.63, 3.8) is 0 Å². The van der Waals surface area contributed by atoms with Crippen molar-refractivity contribution in [2.24, 2.45) is 0 Å². The molecule has 0 aliphatic carbocycles. The fraction of sp³-hybridized carbons (Fsp3) is 0.909. The number of methoxy groups -OCH3 is 1. The second kappa shape index (κ2) is 31.9. The van der Waals surface area contributed by atoms with E-state index in [0.717, 1.165) is 38.5 Å². The van der Waals surface area contributed by atoms with Crippen LogP contribution in [0.5, 0.6) is 0 Å². The Morgan fingerprint density at radius 1 is 0.630 bits per heavy atom. The van der Waals surface area contributed by atoms with Gasteiger partial charge < -0.3 is 29.2 Å². The van der Waals surface area contributed by atoms with E-state index in [-0.39, 0.29) is 45.8 Å². The van der Waals surface area contributed by atoms with Gasteiger partial charge in [0.15, 0.2) is 6.10 Å². The van der Waals surface area contributed by atoms with E-state index in [1.165, 1.54) is 71.3 Å². The van der Waals surface area contributed by atoms with E-state index in [2.05, 4.69) is 19.2 Å². The summed E-state index contributed by atoms with van der Waals surface area (Å²) in [5, 5.41) is 2.36. The SMILES string of the molecule is CCCCCCCCCCCC(=O)OC[C@H](COP(=O)(O)OCCNC(=O)OCCOC)OC(=O)CCCCCCCCCCC. The van der Waals surface area contributed by atoms with E-state index in [4.69, 9.17) is 28.0 Å². The fourth-order valence-electron chi connectivity index (χ4n) is 4.58. The van der Waals surface area contributed by atoms with Crippen LogP contribution in [0.15, 0.2) is 0 Å². The van der Waals surface area contributed by atoms with E-state index in [1.54, 1.807) is 0 Å². The van der Waals surface area contributed by atoms with Crippen LogP contribution in [-0.2, 0) is 42.1 Å². The van der Waals surface area contributed by atoms with Gasteiger partial charge in [-0.1, -0.05) is 117 Å². The van der Waals surface area contributed by atoms with Gasteiger partial charge in [-0.25, -0.2) is 9.36 Å². The van der Waals surface area contributed by atoms with Gasteiger partial charge in [-0.3, -0.25) is 18.6 Å². The molecule has 0 aromatic carbocycles. The largest absolute Gasteiger partial charge is 0.472 e. The van der Waals surface area contributed by atoms with Crippen molar-refractivity contribution < 1.29 is 51.8 Å². The minimum Gasteiger partial charge on any atom is -0.462 e. The number of rotatable bonds is 33. The number of nitrogens with one attached hydrogen (secondary N) is 1. The van der Waals surface area contributed by atoms with Crippen molar-refractivity contribution in [1.82, 2.24) is 5.32 Å². The maximum absolute atomic E-state index is 12.5. The molecule has 272 valence electrons. The van der Waals surface area contributed by atoms with Gasteiger partial charge in [0.25, 0.3) is 0 Å². The van der Waals surface area contributed by atoms with Crippen LogP contribution < -0.4 is 5.32 Å². The Kier molecular flexibility index (Phi) is 30.7. The molecule has 2 N–H and O–H groups in total. The van der Waals surface area contributed by atoms with Crippen molar-refractivity contribution in [2.75, 3.05) is 46.7 Å². The molecule has 0 heterocycles. The van der Waals surface area contributed by atoms with E-state index in [1.807, 2.05) is 0 Å². The molecule has 1 amide bonds. The number of alkyl carbamates (subject to hydrolysis) is 1. The first kappa shape index (κ1) is 44.3. The minimum absolute atomic E-state index is 0.0633. The van der Waals surface area contributed by atoms with E-state index in [0.29, 0.717) is 12.8 Å². The van der Waals surface area contributed by atoms with Gasteiger partial charge in [0.05, 0.1) is 19.8 Å². The standard InChI is InChI=1S/C33H64NO11P/c1-4-6-8-10-12-14-16-18-20-22-31(35)42-28-30(45-32(36)23-21-19-17-15-13-11-9-7-5-2)29-44-46(38,39)43-25-24-34-33(37)41-27-26-40-3/h30H,4-29H2,1-3H3,(H,34,37)(H,38,39)/t30-/m1/s1. The Labute approximate surface area is 277 Å². The molecule has 0 radical (unpaired) electrons. The third kappa shape index (κ3) is 30.9. The van der Waals surface area contributed by atoms with E-state index in [9.17, 15) is 23.8 Å². The number of amides is 1. The van der Waals surface area contributed by atoms with Crippen LogP contribution >= 0.6 is 7.82 Å². The predicted octanol–water partition coefficient (Wildman–Crippen LogP) is 7.79. The molecule has 12 nitrogen and oxygen atoms in total. The highest BCUT2D eigenvalue weighted by molar-refractivity contribution is 7.47. The van der Waals surface area contributed by atoms with E-state index < -0.39 is 38.6 Å². The molecule has 0 aliphatic heterocycles. The maximum atomic E-state index is 12.5. The lowest BCUT2D eigenvalue weighted by Crippen LogP contribution is -2.30. The highest BCUT2D eigenvalue weighted by atomic mass is 31.2. The summed E-state index contributed by atoms with van der Waals surface area (Å²) < 4.78 is 42.6. The lowest BCUT2D eigenvalue weighted by atomic mass is 10.1. The van der Waals surface area contributed by atoms with Crippen LogP contribution in [0, 0.1) is 0 Å². The fourth-order valence-corrected chi connectivity index (χ4v) is 5.33. The summed E-state index contributed by atoms with van der Waals surface area (Å²) in [4.78, 5) is 46.4. The molecular weight excluding hydrogens is 617 g/mol. The first-order chi connectivity index (χ1) is 22.2. The molecule has 0 saturated heterocycles. The smallest absolute Gasteiger partial charge is 0.462 e. The van der Waals surface area contributed by atoms with Crippen molar-refractivity contribution in [2.45, 2.75) is 148 Å². The van der Waals surface area contributed by atoms with Crippen LogP contribution in [0.4, 0.5) is 4.79 Å². The van der Waals surface area contributed by atoms with Gasteiger partial charge in [-0.2, -0.15) is 0 Å². The molecule has 1 unspecified atom stereocenters. The van der Waals surface area contributed by atoms with Gasteiger partial charge in [0.2, 0.25) is 0 Å². The summed E-state index contributed by atoms with van der Waals surface area (Å²) in [6, 6.07) is 0. The molecule has 13 heteroatoms. The number of hydrogen-bond acceptors (Lipinski definition) is 10. The lowest BCUT2D eigenvalue weighted by Gasteiger charge is -2.20. The average molecular weight is 682 g/mol. The highest BCUT2D eigenvalue weighted by Gasteiger charge is 2.26. The van der Waals surface area contributed by atoms with Crippen LogP contribution in [0.25, 0.3) is 0 Å². The zero-order chi connectivity index (χ0) is 34.1. The van der Waals surface area contributed by atoms with Crippen LogP contribution in [0.1, 0.15) is 142 Å². The molecule has 0 bridgehead atoms. The summed E-state index contributed by atoms with van der Waals surface area (Å²) in [5.74, 6) is -0.911. The van der Waals surface area contributed by atoms with Gasteiger partial charge in [0, 0.05) is 26.5 Å². The van der Waals surface area contributed by atoms with Crippen LogP contribution in [-0.4, -0.2) is 75.7 Å². The Morgan fingerprint density at radius 3 is 1.65 bits per heavy atom. The number of hydrogen-bond donors (Lipinski definition) is 2. The summed E-state index contributed by atoms with van der Waals surface area (Å²) in [6.07, 6.45) is 18.7. The monoisotopic (exact) mass is 681 g/mol. The average Bonchev–Trinajstić information content (AvgIpc) is 3.03. The van der Waals surface area contributed by atoms with E-state index >= 15 is 0 Å². The Hall–Kier alpha value is -1.72. The Bertz CT molecular complexity index is 800. The van der Waals surface area contributed by atoms with Crippen molar-refractivity contribution in [3.05, 3.63) is 0 Å². The highest BCUT2D eigenvalue weighted by Crippen LogP contribution is 2.43. The zero-order valence-electron chi connectivity index (χ0n) is 28.9. The normalized spacial score (nSPS) is 13.1. The molecule has 0 fully saturated rings. The molecule has 0 aromatic rings. The molecule has 46 heavy (non-hydrogen) atoms. The molecular formula is C33H64NO11P. The van der Waals surface area contributed by atoms with Gasteiger partial charge in [0.1, 0.15) is 13.2 Å². The van der Waals surface area contributed by atoms with Crippen molar-refractivity contribution in [3.8, 4) is 0 Å². The van der Waals surface area contributed by atoms with Gasteiger partial charge in [-0.05, 0) is 12.8 Å². The van der Waals surface area contributed by atoms with Crippen LogP contribution in [0.3, 0.4) is 0 Å². The second-order valence-corrected chi connectivity index (χ2v) is 13.1. The summed E-state index contributed by atoms with van der Waals surface area (Å²) in [6.45, 7) is 3.46. The minimum atomic E-state index is -4.55. The quantitative estimate of drug-likeness (QED) is 0.0302. The third-order valence-electron chi connectivity index (χ3n) is 7.27.